The molecule has 1 fully saturated rings. The number of nitrogens with zero attached hydrogens (tertiary/aromatic N) is 2. The molecule has 8 heteroatoms. The van der Waals surface area contributed by atoms with Crippen molar-refractivity contribution in [3.8, 4) is 5.69 Å². The number of benzene rings is 1. The number of rotatable bonds is 2. The number of likely N-dealkylation sites (N-methyl/N-ethyl adjacent to an activating group) is 1. The average molecular weight is 327 g/mol. The summed E-state index contributed by atoms with van der Waals surface area (Å²) in [5, 5.41) is 9.06. The molecule has 1 aromatic heterocycles. The predicted octanol–water partition coefficient (Wildman–Crippen LogP) is 0.232. The van der Waals surface area contributed by atoms with Crippen molar-refractivity contribution in [1.82, 2.24) is 9.55 Å². The number of hydrogen-bond acceptors (Lipinski definition) is 4. The first kappa shape index (κ1) is 14.4. The zero-order chi connectivity index (χ0) is 17.2. The number of H-pyrrole nitrogens is 1. The van der Waals surface area contributed by atoms with Gasteiger partial charge in [-0.3, -0.25) is 19.1 Å². The van der Waals surface area contributed by atoms with Gasteiger partial charge in [0.05, 0.1) is 11.1 Å². The molecule has 0 bridgehead atoms. The number of carboxylic acid groups (broad SMARTS) is 1. The maximum atomic E-state index is 12.4. The molecule has 1 saturated carbocycles. The van der Waals surface area contributed by atoms with Crippen LogP contribution >= 0.6 is 0 Å². The Balaban J connectivity index is 1.92. The summed E-state index contributed by atoms with van der Waals surface area (Å²) in [5.41, 5.74) is -0.677. The smallest absolute Gasteiger partial charge is 0.342 e. The van der Waals surface area contributed by atoms with Gasteiger partial charge in [0.2, 0.25) is 5.91 Å². The number of carboxylic acids is 1. The second kappa shape index (κ2) is 4.44. The zero-order valence-electron chi connectivity index (χ0n) is 12.7. The van der Waals surface area contributed by atoms with Crippen molar-refractivity contribution in [2.24, 2.45) is 0 Å². The molecule has 24 heavy (non-hydrogen) atoms. The zero-order valence-corrected chi connectivity index (χ0v) is 12.7. The molecule has 2 heterocycles. The summed E-state index contributed by atoms with van der Waals surface area (Å²) in [6, 6.07) is 5.07. The van der Waals surface area contributed by atoms with Crippen LogP contribution in [0.1, 0.15) is 28.8 Å². The number of anilines is 1. The molecule has 2 N–H and O–H groups in total. The first-order chi connectivity index (χ1) is 11.3. The van der Waals surface area contributed by atoms with Crippen LogP contribution in [0.5, 0.6) is 0 Å². The molecule has 0 atom stereocenters. The van der Waals surface area contributed by atoms with Gasteiger partial charge in [0.25, 0.3) is 5.56 Å². The van der Waals surface area contributed by atoms with E-state index >= 15 is 0 Å². The van der Waals surface area contributed by atoms with Gasteiger partial charge in [0.1, 0.15) is 5.56 Å². The predicted molar refractivity (Wildman–Crippen MR) is 83.9 cm³/mol. The van der Waals surface area contributed by atoms with Gasteiger partial charge in [-0.25, -0.2) is 9.59 Å². The SMILES string of the molecule is CN1C(=O)C2(CC2)c2cc(-n3cc(C(=O)O)c(=O)[nH]c3=O)ccc21. The highest BCUT2D eigenvalue weighted by atomic mass is 16.4. The minimum Gasteiger partial charge on any atom is -0.477 e. The number of carbonyl (C=O) groups excluding carboxylic acids is 1. The van der Waals surface area contributed by atoms with Gasteiger partial charge in [-0.05, 0) is 36.6 Å². The molecule has 2 aromatic rings. The van der Waals surface area contributed by atoms with Gasteiger partial charge in [-0.1, -0.05) is 0 Å². The minimum atomic E-state index is -1.42. The Morgan fingerprint density at radius 3 is 2.58 bits per heavy atom. The van der Waals surface area contributed by atoms with E-state index in [1.54, 1.807) is 30.1 Å². The molecule has 0 saturated heterocycles. The number of hydrogen-bond donors (Lipinski definition) is 2. The van der Waals surface area contributed by atoms with E-state index in [1.807, 2.05) is 4.98 Å². The fourth-order valence-corrected chi connectivity index (χ4v) is 3.32. The van der Waals surface area contributed by atoms with Crippen LogP contribution in [0.25, 0.3) is 5.69 Å². The van der Waals surface area contributed by atoms with Crippen LogP contribution in [-0.4, -0.2) is 33.6 Å². The Bertz CT molecular complexity index is 1030. The lowest BCUT2D eigenvalue weighted by Crippen LogP contribution is -2.32. The number of carbonyl (C=O) groups is 2. The fraction of sp³-hybridized carbons (Fsp3) is 0.250. The molecule has 0 unspecified atom stereocenters. The number of nitrogens with one attached hydrogen (secondary N) is 1. The maximum absolute atomic E-state index is 12.4. The van der Waals surface area contributed by atoms with Crippen molar-refractivity contribution in [3.63, 3.8) is 0 Å². The van der Waals surface area contributed by atoms with Crippen LogP contribution in [0, 0.1) is 0 Å². The quantitative estimate of drug-likeness (QED) is 0.820. The number of aromatic amines is 1. The van der Waals surface area contributed by atoms with E-state index in [2.05, 4.69) is 0 Å². The van der Waals surface area contributed by atoms with Crippen molar-refractivity contribution < 1.29 is 14.7 Å². The van der Waals surface area contributed by atoms with Crippen LogP contribution in [0.4, 0.5) is 5.69 Å². The highest BCUT2D eigenvalue weighted by molar-refractivity contribution is 6.10. The number of amides is 1. The third-order valence-corrected chi connectivity index (χ3v) is 4.77. The molecular weight excluding hydrogens is 314 g/mol. The number of aromatic nitrogens is 2. The van der Waals surface area contributed by atoms with Gasteiger partial charge < -0.3 is 10.0 Å². The Hall–Kier alpha value is -3.16. The molecule has 122 valence electrons. The summed E-state index contributed by atoms with van der Waals surface area (Å²) in [5.74, 6) is -1.38. The van der Waals surface area contributed by atoms with E-state index in [1.165, 1.54) is 0 Å². The molecular formula is C16H13N3O5. The highest BCUT2D eigenvalue weighted by Crippen LogP contribution is 2.57. The van der Waals surface area contributed by atoms with E-state index in [-0.39, 0.29) is 5.91 Å². The molecule has 1 aliphatic heterocycles. The monoisotopic (exact) mass is 327 g/mol. The van der Waals surface area contributed by atoms with Crippen LogP contribution < -0.4 is 16.1 Å². The van der Waals surface area contributed by atoms with Gasteiger partial charge in [-0.2, -0.15) is 0 Å². The minimum absolute atomic E-state index is 0.0368. The highest BCUT2D eigenvalue weighted by Gasteiger charge is 2.58. The Kier molecular flexibility index (Phi) is 2.67. The van der Waals surface area contributed by atoms with Crippen molar-refractivity contribution in [2.45, 2.75) is 18.3 Å². The van der Waals surface area contributed by atoms with Gasteiger partial charge >= 0.3 is 11.7 Å². The van der Waals surface area contributed by atoms with Gasteiger partial charge in [0, 0.05) is 18.9 Å². The van der Waals surface area contributed by atoms with E-state index in [0.717, 1.165) is 34.9 Å². The largest absolute Gasteiger partial charge is 0.477 e. The molecule has 1 amide bonds. The third kappa shape index (κ3) is 1.73. The van der Waals surface area contributed by atoms with Crippen LogP contribution in [0.15, 0.2) is 34.0 Å². The second-order valence-electron chi connectivity index (χ2n) is 6.12. The molecule has 4 rings (SSSR count). The summed E-state index contributed by atoms with van der Waals surface area (Å²) in [6.45, 7) is 0. The maximum Gasteiger partial charge on any atom is 0.342 e. The molecule has 1 spiro atoms. The van der Waals surface area contributed by atoms with Crippen molar-refractivity contribution in [1.29, 1.82) is 0 Å². The first-order valence-electron chi connectivity index (χ1n) is 7.37. The van der Waals surface area contributed by atoms with Crippen molar-refractivity contribution in [2.75, 3.05) is 11.9 Å². The second-order valence-corrected chi connectivity index (χ2v) is 6.12. The van der Waals surface area contributed by atoms with Gasteiger partial charge in [-0.15, -0.1) is 0 Å². The van der Waals surface area contributed by atoms with Gasteiger partial charge in [0.15, 0.2) is 0 Å². The lowest BCUT2D eigenvalue weighted by molar-refractivity contribution is -0.119. The lowest BCUT2D eigenvalue weighted by Gasteiger charge is -2.11. The summed E-state index contributed by atoms with van der Waals surface area (Å²) < 4.78 is 1.07. The van der Waals surface area contributed by atoms with E-state index in [0.29, 0.717) is 5.69 Å². The molecule has 0 radical (unpaired) electrons. The van der Waals surface area contributed by atoms with Crippen LogP contribution in [-0.2, 0) is 10.2 Å². The van der Waals surface area contributed by atoms with E-state index < -0.39 is 28.2 Å². The standard InChI is InChI=1S/C16H13N3O5/c1-18-11-3-2-8(6-10(11)16(4-5-16)14(18)23)19-7-9(13(21)22)12(20)17-15(19)24/h2-3,6-7H,4-5H2,1H3,(H,21,22)(H,17,20,24). The van der Waals surface area contributed by atoms with Crippen molar-refractivity contribution in [3.05, 3.63) is 56.4 Å². The Labute approximate surface area is 135 Å². The third-order valence-electron chi connectivity index (χ3n) is 4.77. The summed E-state index contributed by atoms with van der Waals surface area (Å²) in [4.78, 5) is 50.7. The molecule has 2 aliphatic rings. The molecule has 8 nitrogen and oxygen atoms in total. The summed E-state index contributed by atoms with van der Waals surface area (Å²) >= 11 is 0. The summed E-state index contributed by atoms with van der Waals surface area (Å²) in [6.07, 6.45) is 2.52. The molecule has 1 aromatic carbocycles. The first-order valence-corrected chi connectivity index (χ1v) is 7.37. The Morgan fingerprint density at radius 2 is 1.96 bits per heavy atom. The fourth-order valence-electron chi connectivity index (χ4n) is 3.32. The Morgan fingerprint density at radius 1 is 1.25 bits per heavy atom. The molecule has 1 aliphatic carbocycles. The van der Waals surface area contributed by atoms with Crippen LogP contribution in [0.3, 0.4) is 0 Å². The number of aromatic carboxylic acids is 1. The van der Waals surface area contributed by atoms with E-state index in [9.17, 15) is 19.2 Å². The summed E-state index contributed by atoms with van der Waals surface area (Å²) in [7, 11) is 1.71. The topological polar surface area (TPSA) is 112 Å². The average Bonchev–Trinajstić information content (AvgIpc) is 3.31. The van der Waals surface area contributed by atoms with Crippen molar-refractivity contribution >= 4 is 17.6 Å². The normalized spacial score (nSPS) is 17.2. The van der Waals surface area contributed by atoms with Crippen LogP contribution in [0.2, 0.25) is 0 Å². The number of fused-ring (bicyclic) bond motifs is 2. The van der Waals surface area contributed by atoms with E-state index in [4.69, 9.17) is 5.11 Å². The lowest BCUT2D eigenvalue weighted by atomic mass is 9.97.